The maximum absolute atomic E-state index is 12.8. The van der Waals surface area contributed by atoms with Crippen molar-refractivity contribution < 1.29 is 22.7 Å². The molecule has 8 heteroatoms. The Labute approximate surface area is 143 Å². The van der Waals surface area contributed by atoms with Crippen molar-refractivity contribution in [1.29, 1.82) is 0 Å². The number of nitrogens with one attached hydrogen (secondary N) is 1. The summed E-state index contributed by atoms with van der Waals surface area (Å²) in [5, 5.41) is 3.13. The highest BCUT2D eigenvalue weighted by Crippen LogP contribution is 2.27. The first-order chi connectivity index (χ1) is 11.4. The Morgan fingerprint density at radius 1 is 1.29 bits per heavy atom. The van der Waals surface area contributed by atoms with Crippen molar-refractivity contribution in [3.05, 3.63) is 23.8 Å². The van der Waals surface area contributed by atoms with Crippen molar-refractivity contribution in [3.63, 3.8) is 0 Å². The first kappa shape index (κ1) is 18.7. The van der Waals surface area contributed by atoms with Crippen LogP contribution in [0.5, 0.6) is 5.75 Å². The van der Waals surface area contributed by atoms with Crippen molar-refractivity contribution in [2.45, 2.75) is 17.7 Å². The number of carbonyl (C=O) groups excluding carboxylic acids is 1. The van der Waals surface area contributed by atoms with Crippen molar-refractivity contribution in [1.82, 2.24) is 9.62 Å². The molecular formula is C16H24N2O5S. The summed E-state index contributed by atoms with van der Waals surface area (Å²) in [6.45, 7) is 1.85. The van der Waals surface area contributed by atoms with Crippen LogP contribution in [0, 0.1) is 5.92 Å². The summed E-state index contributed by atoms with van der Waals surface area (Å²) in [6, 6.07) is 4.26. The molecule has 2 rings (SSSR count). The van der Waals surface area contributed by atoms with Crippen LogP contribution in [0.1, 0.15) is 23.2 Å². The number of ether oxygens (including phenoxy) is 2. The number of hydrogen-bond donors (Lipinski definition) is 1. The van der Waals surface area contributed by atoms with Gasteiger partial charge in [0.15, 0.2) is 0 Å². The number of methoxy groups -OCH3 is 2. The Kier molecular flexibility index (Phi) is 6.20. The van der Waals surface area contributed by atoms with Gasteiger partial charge < -0.3 is 14.8 Å². The highest BCUT2D eigenvalue weighted by Gasteiger charge is 2.30. The molecule has 1 saturated heterocycles. The smallest absolute Gasteiger partial charge is 0.341 e. The van der Waals surface area contributed by atoms with E-state index in [4.69, 9.17) is 9.47 Å². The Balaban J connectivity index is 2.25. The lowest BCUT2D eigenvalue weighted by Gasteiger charge is -2.31. The predicted molar refractivity (Wildman–Crippen MR) is 89.7 cm³/mol. The molecule has 0 saturated carbocycles. The number of esters is 1. The number of carbonyl (C=O) groups is 1. The maximum atomic E-state index is 12.8. The summed E-state index contributed by atoms with van der Waals surface area (Å²) in [7, 11) is 0.922. The number of rotatable bonds is 6. The third-order valence-corrected chi connectivity index (χ3v) is 6.17. The quantitative estimate of drug-likeness (QED) is 0.769. The van der Waals surface area contributed by atoms with Crippen molar-refractivity contribution in [2.75, 3.05) is 40.9 Å². The molecular weight excluding hydrogens is 332 g/mol. The standard InChI is InChI=1S/C16H24N2O5S/c1-17-11-12-6-8-18(9-7-12)24(20,21)13-4-5-15(22-2)14(10-13)16(19)23-3/h4-5,10,12,17H,6-9,11H2,1-3H3. The number of sulfonamides is 1. The normalized spacial score (nSPS) is 16.8. The Morgan fingerprint density at radius 3 is 2.50 bits per heavy atom. The molecule has 1 aromatic rings. The topological polar surface area (TPSA) is 84.9 Å². The summed E-state index contributed by atoms with van der Waals surface area (Å²) in [4.78, 5) is 11.9. The van der Waals surface area contributed by atoms with Gasteiger partial charge in [-0.3, -0.25) is 0 Å². The third kappa shape index (κ3) is 3.88. The molecule has 0 amide bonds. The van der Waals surface area contributed by atoms with E-state index in [9.17, 15) is 13.2 Å². The van der Waals surface area contributed by atoms with Crippen molar-refractivity contribution >= 4 is 16.0 Å². The van der Waals surface area contributed by atoms with Crippen LogP contribution in [0.4, 0.5) is 0 Å². The fourth-order valence-corrected chi connectivity index (χ4v) is 4.40. The van der Waals surface area contributed by atoms with Gasteiger partial charge in [0.2, 0.25) is 10.0 Å². The van der Waals surface area contributed by atoms with Crippen LogP contribution in [0.3, 0.4) is 0 Å². The van der Waals surface area contributed by atoms with Crippen molar-refractivity contribution in [2.24, 2.45) is 5.92 Å². The average molecular weight is 356 g/mol. The lowest BCUT2D eigenvalue weighted by molar-refractivity contribution is 0.0597. The van der Waals surface area contributed by atoms with Gasteiger partial charge in [0.25, 0.3) is 0 Å². The van der Waals surface area contributed by atoms with Crippen LogP contribution in [-0.4, -0.2) is 59.6 Å². The van der Waals surface area contributed by atoms with Crippen LogP contribution in [0.15, 0.2) is 23.1 Å². The average Bonchev–Trinajstić information content (AvgIpc) is 2.61. The number of hydrogen-bond acceptors (Lipinski definition) is 6. The molecule has 1 fully saturated rings. The van der Waals surface area contributed by atoms with E-state index in [1.165, 1.54) is 36.7 Å². The molecule has 134 valence electrons. The van der Waals surface area contributed by atoms with Crippen LogP contribution in [0.2, 0.25) is 0 Å². The summed E-state index contributed by atoms with van der Waals surface area (Å²) in [5.74, 6) is 0.146. The third-order valence-electron chi connectivity index (χ3n) is 4.28. The van der Waals surface area contributed by atoms with Crippen LogP contribution in [0.25, 0.3) is 0 Å². The maximum Gasteiger partial charge on any atom is 0.341 e. The summed E-state index contributed by atoms with van der Waals surface area (Å²) in [5.41, 5.74) is 0.103. The molecule has 0 spiro atoms. The van der Waals surface area contributed by atoms with E-state index < -0.39 is 16.0 Å². The fourth-order valence-electron chi connectivity index (χ4n) is 2.91. The molecule has 0 atom stereocenters. The molecule has 1 N–H and O–H groups in total. The fraction of sp³-hybridized carbons (Fsp3) is 0.562. The van der Waals surface area contributed by atoms with Gasteiger partial charge in [-0.2, -0.15) is 4.31 Å². The molecule has 0 aromatic heterocycles. The minimum Gasteiger partial charge on any atom is -0.496 e. The predicted octanol–water partition coefficient (Wildman–Crippen LogP) is 1.10. The molecule has 0 bridgehead atoms. The zero-order chi connectivity index (χ0) is 17.7. The van der Waals surface area contributed by atoms with E-state index >= 15 is 0 Å². The highest BCUT2D eigenvalue weighted by atomic mass is 32.2. The van der Waals surface area contributed by atoms with E-state index in [0.717, 1.165) is 19.4 Å². The molecule has 1 aromatic carbocycles. The van der Waals surface area contributed by atoms with Gasteiger partial charge in [-0.05, 0) is 50.6 Å². The van der Waals surface area contributed by atoms with E-state index in [0.29, 0.717) is 19.0 Å². The summed E-state index contributed by atoms with van der Waals surface area (Å²) in [6.07, 6.45) is 1.64. The van der Waals surface area contributed by atoms with Gasteiger partial charge in [-0.25, -0.2) is 13.2 Å². The monoisotopic (exact) mass is 356 g/mol. The van der Waals surface area contributed by atoms with Gasteiger partial charge in [-0.15, -0.1) is 0 Å². The zero-order valence-electron chi connectivity index (χ0n) is 14.2. The van der Waals surface area contributed by atoms with Gasteiger partial charge in [0, 0.05) is 13.1 Å². The Bertz CT molecular complexity index is 682. The van der Waals surface area contributed by atoms with E-state index in [1.54, 1.807) is 0 Å². The SMILES string of the molecule is CNCC1CCN(S(=O)(=O)c2ccc(OC)c(C(=O)OC)c2)CC1. The largest absolute Gasteiger partial charge is 0.496 e. The minimum atomic E-state index is -3.64. The molecule has 0 unspecified atom stereocenters. The van der Waals surface area contributed by atoms with Gasteiger partial charge in [0.05, 0.1) is 19.1 Å². The first-order valence-corrected chi connectivity index (χ1v) is 9.29. The Hall–Kier alpha value is -1.64. The molecule has 0 aliphatic carbocycles. The van der Waals surface area contributed by atoms with Gasteiger partial charge in [0.1, 0.15) is 11.3 Å². The summed E-state index contributed by atoms with van der Waals surface area (Å²) >= 11 is 0. The lowest BCUT2D eigenvalue weighted by Crippen LogP contribution is -2.40. The van der Waals surface area contributed by atoms with Crippen LogP contribution >= 0.6 is 0 Å². The molecule has 0 radical (unpaired) electrons. The number of benzene rings is 1. The zero-order valence-corrected chi connectivity index (χ0v) is 15.1. The second-order valence-electron chi connectivity index (χ2n) is 5.76. The van der Waals surface area contributed by atoms with Crippen LogP contribution in [-0.2, 0) is 14.8 Å². The van der Waals surface area contributed by atoms with Crippen LogP contribution < -0.4 is 10.1 Å². The van der Waals surface area contributed by atoms with Gasteiger partial charge >= 0.3 is 5.97 Å². The Morgan fingerprint density at radius 2 is 1.96 bits per heavy atom. The van der Waals surface area contributed by atoms with Crippen molar-refractivity contribution in [3.8, 4) is 5.75 Å². The number of nitrogens with zero attached hydrogens (tertiary/aromatic N) is 1. The second kappa shape index (κ2) is 7.96. The number of piperidine rings is 1. The second-order valence-corrected chi connectivity index (χ2v) is 7.70. The molecule has 1 aliphatic heterocycles. The molecule has 1 heterocycles. The highest BCUT2D eigenvalue weighted by molar-refractivity contribution is 7.89. The van der Waals surface area contributed by atoms with Gasteiger partial charge in [-0.1, -0.05) is 0 Å². The molecule has 7 nitrogen and oxygen atoms in total. The van der Waals surface area contributed by atoms with E-state index in [2.05, 4.69) is 5.32 Å². The minimum absolute atomic E-state index is 0.0794. The summed E-state index contributed by atoms with van der Waals surface area (Å²) < 4.78 is 36.9. The first-order valence-electron chi connectivity index (χ1n) is 7.85. The van der Waals surface area contributed by atoms with E-state index in [1.807, 2.05) is 7.05 Å². The lowest BCUT2D eigenvalue weighted by atomic mass is 9.98. The van der Waals surface area contributed by atoms with E-state index in [-0.39, 0.29) is 16.2 Å². The molecule has 24 heavy (non-hydrogen) atoms. The molecule has 1 aliphatic rings.